The fourth-order valence-electron chi connectivity index (χ4n) is 4.20. The summed E-state index contributed by atoms with van der Waals surface area (Å²) in [5.41, 5.74) is 1.50. The van der Waals surface area contributed by atoms with Crippen molar-refractivity contribution in [1.82, 2.24) is 14.6 Å². The van der Waals surface area contributed by atoms with Gasteiger partial charge in [-0.25, -0.2) is 8.42 Å². The topological polar surface area (TPSA) is 99.7 Å². The largest absolute Gasteiger partial charge is 0.352 e. The van der Waals surface area contributed by atoms with E-state index in [1.165, 1.54) is 0 Å². The lowest BCUT2D eigenvalue weighted by Gasteiger charge is -2.21. The molecule has 0 radical (unpaired) electrons. The van der Waals surface area contributed by atoms with E-state index in [2.05, 4.69) is 10.3 Å². The van der Waals surface area contributed by atoms with Crippen LogP contribution in [0.1, 0.15) is 37.7 Å². The number of aromatic nitrogens is 1. The molecule has 9 heteroatoms. The number of amides is 2. The third-order valence-corrected chi connectivity index (χ3v) is 7.95. The number of benzene rings is 1. The molecular weight excluding hydrogens is 428 g/mol. The Kier molecular flexibility index (Phi) is 6.86. The third kappa shape index (κ3) is 4.99. The predicted octanol–water partition coefficient (Wildman–Crippen LogP) is 2.32. The van der Waals surface area contributed by atoms with Crippen LogP contribution in [0.2, 0.25) is 0 Å². The molecule has 0 bridgehead atoms. The summed E-state index contributed by atoms with van der Waals surface area (Å²) in [6, 6.07) is 10.1. The maximum Gasteiger partial charge on any atom is 0.243 e. The van der Waals surface area contributed by atoms with E-state index in [0.717, 1.165) is 31.2 Å². The number of pyridine rings is 1. The van der Waals surface area contributed by atoms with Crippen molar-refractivity contribution in [3.63, 3.8) is 0 Å². The fourth-order valence-corrected chi connectivity index (χ4v) is 5.72. The molecule has 1 atom stereocenters. The third-order valence-electron chi connectivity index (χ3n) is 6.04. The number of nitrogens with zero attached hydrogens (tertiary/aromatic N) is 3. The molecule has 170 valence electrons. The van der Waals surface area contributed by atoms with E-state index in [9.17, 15) is 18.0 Å². The molecule has 3 heterocycles. The number of nitrogens with one attached hydrogen (secondary N) is 1. The zero-order chi connectivity index (χ0) is 22.6. The Hall–Kier alpha value is -2.78. The maximum absolute atomic E-state index is 13.0. The van der Waals surface area contributed by atoms with Gasteiger partial charge in [0.2, 0.25) is 21.8 Å². The number of anilines is 1. The average Bonchev–Trinajstić information content (AvgIpc) is 3.00. The summed E-state index contributed by atoms with van der Waals surface area (Å²) >= 11 is 0. The van der Waals surface area contributed by atoms with Crippen molar-refractivity contribution in [2.75, 3.05) is 24.5 Å². The van der Waals surface area contributed by atoms with Gasteiger partial charge in [0.15, 0.2) is 0 Å². The van der Waals surface area contributed by atoms with E-state index in [1.54, 1.807) is 51.9 Å². The highest BCUT2D eigenvalue weighted by Crippen LogP contribution is 2.28. The van der Waals surface area contributed by atoms with Gasteiger partial charge in [-0.05, 0) is 48.7 Å². The van der Waals surface area contributed by atoms with Gasteiger partial charge in [0.1, 0.15) is 0 Å². The minimum absolute atomic E-state index is 0.132. The number of hydrogen-bond donors (Lipinski definition) is 1. The van der Waals surface area contributed by atoms with Gasteiger partial charge < -0.3 is 10.2 Å². The fraction of sp³-hybridized carbons (Fsp3) is 0.435. The van der Waals surface area contributed by atoms with Crippen molar-refractivity contribution in [2.24, 2.45) is 5.92 Å². The number of carbonyl (C=O) groups excluding carboxylic acids is 2. The monoisotopic (exact) mass is 456 g/mol. The molecule has 4 rings (SSSR count). The molecule has 0 unspecified atom stereocenters. The Morgan fingerprint density at radius 2 is 1.78 bits per heavy atom. The van der Waals surface area contributed by atoms with Gasteiger partial charge in [0.25, 0.3) is 0 Å². The molecule has 0 spiro atoms. The Balaban J connectivity index is 1.39. The first-order valence-corrected chi connectivity index (χ1v) is 12.5. The van der Waals surface area contributed by atoms with Crippen molar-refractivity contribution in [3.05, 3.63) is 54.4 Å². The lowest BCUT2D eigenvalue weighted by Crippen LogP contribution is -2.33. The molecule has 1 N–H and O–H groups in total. The van der Waals surface area contributed by atoms with E-state index in [-0.39, 0.29) is 29.7 Å². The second kappa shape index (κ2) is 9.79. The summed E-state index contributed by atoms with van der Waals surface area (Å²) in [7, 11) is -3.54. The van der Waals surface area contributed by atoms with E-state index in [4.69, 9.17) is 0 Å². The molecule has 2 aliphatic heterocycles. The summed E-state index contributed by atoms with van der Waals surface area (Å²) in [4.78, 5) is 30.9. The van der Waals surface area contributed by atoms with Gasteiger partial charge in [0.05, 0.1) is 10.8 Å². The van der Waals surface area contributed by atoms with E-state index in [1.807, 2.05) is 6.07 Å². The Morgan fingerprint density at radius 1 is 1.06 bits per heavy atom. The number of hydrogen-bond acceptors (Lipinski definition) is 5. The molecule has 1 aromatic heterocycles. The van der Waals surface area contributed by atoms with Crippen LogP contribution in [-0.4, -0.2) is 49.2 Å². The highest BCUT2D eigenvalue weighted by Gasteiger charge is 2.35. The molecule has 2 saturated heterocycles. The zero-order valence-corrected chi connectivity index (χ0v) is 18.8. The summed E-state index contributed by atoms with van der Waals surface area (Å²) < 4.78 is 27.5. The second-order valence-electron chi connectivity index (χ2n) is 8.30. The first-order valence-electron chi connectivity index (χ1n) is 11.0. The standard InChI is InChI=1S/C23H28N4O4S/c28-22-14-19(23(29)25-16-18-6-5-11-24-15-18)17-27(22)20-7-9-21(10-8-20)32(30,31)26-12-3-1-2-4-13-26/h5-11,15,19H,1-4,12-14,16-17H2,(H,25,29)/t19-/m0/s1. The van der Waals surface area contributed by atoms with Crippen LogP contribution in [0.5, 0.6) is 0 Å². The molecule has 0 saturated carbocycles. The molecule has 2 amide bonds. The predicted molar refractivity (Wildman–Crippen MR) is 120 cm³/mol. The summed E-state index contributed by atoms with van der Waals surface area (Å²) in [6.07, 6.45) is 7.36. The molecule has 1 aromatic carbocycles. The lowest BCUT2D eigenvalue weighted by atomic mass is 10.1. The minimum atomic E-state index is -3.54. The lowest BCUT2D eigenvalue weighted by molar-refractivity contribution is -0.126. The number of sulfonamides is 1. The van der Waals surface area contributed by atoms with Gasteiger partial charge in [-0.1, -0.05) is 18.9 Å². The van der Waals surface area contributed by atoms with Crippen molar-refractivity contribution >= 4 is 27.5 Å². The SMILES string of the molecule is O=C(NCc1cccnc1)[C@H]1CC(=O)N(c2ccc(S(=O)(=O)N3CCCCCC3)cc2)C1. The molecule has 2 aliphatic rings. The zero-order valence-electron chi connectivity index (χ0n) is 17.9. The highest BCUT2D eigenvalue weighted by atomic mass is 32.2. The summed E-state index contributed by atoms with van der Waals surface area (Å²) in [6.45, 7) is 1.73. The number of carbonyl (C=O) groups is 2. The number of rotatable bonds is 6. The second-order valence-corrected chi connectivity index (χ2v) is 10.2. The quantitative estimate of drug-likeness (QED) is 0.719. The Morgan fingerprint density at radius 3 is 2.44 bits per heavy atom. The molecular formula is C23H28N4O4S. The van der Waals surface area contributed by atoms with Crippen LogP contribution in [0.15, 0.2) is 53.7 Å². The Labute approximate surface area is 188 Å². The molecule has 8 nitrogen and oxygen atoms in total. The van der Waals surface area contributed by atoms with Gasteiger partial charge in [-0.2, -0.15) is 4.31 Å². The van der Waals surface area contributed by atoms with E-state index < -0.39 is 15.9 Å². The van der Waals surface area contributed by atoms with Crippen LogP contribution in [-0.2, 0) is 26.2 Å². The van der Waals surface area contributed by atoms with Gasteiger partial charge in [-0.3, -0.25) is 14.6 Å². The molecule has 0 aliphatic carbocycles. The maximum atomic E-state index is 13.0. The van der Waals surface area contributed by atoms with Gasteiger partial charge in [-0.15, -0.1) is 0 Å². The highest BCUT2D eigenvalue weighted by molar-refractivity contribution is 7.89. The van der Waals surface area contributed by atoms with Crippen molar-refractivity contribution in [3.8, 4) is 0 Å². The van der Waals surface area contributed by atoms with Crippen LogP contribution >= 0.6 is 0 Å². The van der Waals surface area contributed by atoms with Crippen molar-refractivity contribution in [2.45, 2.75) is 43.5 Å². The average molecular weight is 457 g/mol. The molecule has 32 heavy (non-hydrogen) atoms. The van der Waals surface area contributed by atoms with Crippen LogP contribution in [0.3, 0.4) is 0 Å². The minimum Gasteiger partial charge on any atom is -0.352 e. The Bertz CT molecular complexity index is 1050. The molecule has 2 aromatic rings. The van der Waals surface area contributed by atoms with Gasteiger partial charge >= 0.3 is 0 Å². The summed E-state index contributed by atoms with van der Waals surface area (Å²) in [5.74, 6) is -0.764. The summed E-state index contributed by atoms with van der Waals surface area (Å²) in [5, 5.41) is 2.86. The normalized spacial score (nSPS) is 20.2. The molecule has 2 fully saturated rings. The van der Waals surface area contributed by atoms with E-state index >= 15 is 0 Å². The van der Waals surface area contributed by atoms with Gasteiger partial charge in [0, 0.05) is 50.7 Å². The first-order chi connectivity index (χ1) is 15.4. The van der Waals surface area contributed by atoms with Crippen LogP contribution in [0.25, 0.3) is 0 Å². The van der Waals surface area contributed by atoms with Crippen molar-refractivity contribution < 1.29 is 18.0 Å². The van der Waals surface area contributed by atoms with E-state index in [0.29, 0.717) is 25.3 Å². The smallest absolute Gasteiger partial charge is 0.243 e. The van der Waals surface area contributed by atoms with Crippen molar-refractivity contribution in [1.29, 1.82) is 0 Å². The first kappa shape index (κ1) is 22.4. The van der Waals surface area contributed by atoms with Crippen LogP contribution in [0.4, 0.5) is 5.69 Å². The van der Waals surface area contributed by atoms with Crippen LogP contribution < -0.4 is 10.2 Å². The van der Waals surface area contributed by atoms with Crippen LogP contribution in [0, 0.1) is 5.92 Å².